The summed E-state index contributed by atoms with van der Waals surface area (Å²) < 4.78 is 10.7. The maximum absolute atomic E-state index is 8.80. The molecule has 0 radical (unpaired) electrons. The first-order valence-corrected chi connectivity index (χ1v) is 5.21. The Labute approximate surface area is 104 Å². The molecule has 1 aromatic carbocycles. The van der Waals surface area contributed by atoms with Crippen LogP contribution in [0.5, 0.6) is 17.4 Å². The molecular weight excluding hydrogens is 230 g/mol. The van der Waals surface area contributed by atoms with Gasteiger partial charge in [-0.05, 0) is 18.2 Å². The number of nitrogens with zero attached hydrogens (tertiary/aromatic N) is 2. The lowest BCUT2D eigenvalue weighted by Gasteiger charge is -2.09. The number of methoxy groups -OCH3 is 1. The summed E-state index contributed by atoms with van der Waals surface area (Å²) in [5.74, 6) is 1.70. The van der Waals surface area contributed by atoms with Crippen molar-refractivity contribution in [3.63, 3.8) is 0 Å². The van der Waals surface area contributed by atoms with Gasteiger partial charge in [-0.2, -0.15) is 10.2 Å². The van der Waals surface area contributed by atoms with Crippen LogP contribution in [0.4, 0.5) is 5.82 Å². The van der Waals surface area contributed by atoms with Gasteiger partial charge in [-0.15, -0.1) is 0 Å². The molecule has 2 rings (SSSR count). The molecule has 0 aliphatic rings. The molecule has 0 amide bonds. The molecule has 90 valence electrons. The van der Waals surface area contributed by atoms with E-state index in [-0.39, 0.29) is 0 Å². The van der Waals surface area contributed by atoms with Crippen molar-refractivity contribution < 1.29 is 9.47 Å². The third kappa shape index (κ3) is 2.50. The average Bonchev–Trinajstić information content (AvgIpc) is 2.39. The van der Waals surface area contributed by atoms with Gasteiger partial charge in [0.15, 0.2) is 11.5 Å². The zero-order valence-electron chi connectivity index (χ0n) is 9.75. The number of aromatic nitrogens is 1. The fourth-order valence-electron chi connectivity index (χ4n) is 1.42. The van der Waals surface area contributed by atoms with Crippen molar-refractivity contribution in [2.24, 2.45) is 0 Å². The highest BCUT2D eigenvalue weighted by Crippen LogP contribution is 2.31. The normalized spacial score (nSPS) is 9.56. The van der Waals surface area contributed by atoms with E-state index < -0.39 is 0 Å². The van der Waals surface area contributed by atoms with Gasteiger partial charge in [0.25, 0.3) is 0 Å². The van der Waals surface area contributed by atoms with E-state index in [1.165, 1.54) is 7.11 Å². The molecule has 2 N–H and O–H groups in total. The van der Waals surface area contributed by atoms with E-state index in [1.54, 1.807) is 36.4 Å². The highest BCUT2D eigenvalue weighted by Gasteiger charge is 2.07. The molecular formula is C13H11N3O2. The zero-order chi connectivity index (χ0) is 13.0. The van der Waals surface area contributed by atoms with Crippen LogP contribution in [0, 0.1) is 11.3 Å². The predicted octanol–water partition coefficient (Wildman–Crippen LogP) is 2.34. The van der Waals surface area contributed by atoms with Gasteiger partial charge in [0, 0.05) is 12.1 Å². The van der Waals surface area contributed by atoms with Crippen molar-refractivity contribution in [3.05, 3.63) is 42.0 Å². The summed E-state index contributed by atoms with van der Waals surface area (Å²) in [6, 6.07) is 12.0. The molecule has 0 spiro atoms. The van der Waals surface area contributed by atoms with Crippen LogP contribution in [0.3, 0.4) is 0 Å². The maximum Gasteiger partial charge on any atom is 0.221 e. The van der Waals surface area contributed by atoms with E-state index in [2.05, 4.69) is 4.98 Å². The van der Waals surface area contributed by atoms with Crippen molar-refractivity contribution in [2.75, 3.05) is 12.8 Å². The Morgan fingerprint density at radius 3 is 2.72 bits per heavy atom. The highest BCUT2D eigenvalue weighted by molar-refractivity contribution is 5.48. The second-order valence-electron chi connectivity index (χ2n) is 3.48. The maximum atomic E-state index is 8.80. The molecule has 0 atom stereocenters. The fraction of sp³-hybridized carbons (Fsp3) is 0.0769. The number of nitrogens with two attached hydrogens (primary N) is 1. The second kappa shape index (κ2) is 5.06. The SMILES string of the molecule is COc1cc(C#N)ccc1Oc1cccc(N)n1. The number of ether oxygens (including phenoxy) is 2. The van der Waals surface area contributed by atoms with Crippen LogP contribution in [0.2, 0.25) is 0 Å². The third-order valence-electron chi connectivity index (χ3n) is 2.25. The lowest BCUT2D eigenvalue weighted by atomic mass is 10.2. The minimum absolute atomic E-state index is 0.373. The van der Waals surface area contributed by atoms with Crippen molar-refractivity contribution in [3.8, 4) is 23.4 Å². The summed E-state index contributed by atoms with van der Waals surface area (Å²) in [6.45, 7) is 0. The van der Waals surface area contributed by atoms with Crippen LogP contribution >= 0.6 is 0 Å². The van der Waals surface area contributed by atoms with Crippen molar-refractivity contribution in [1.29, 1.82) is 5.26 Å². The number of anilines is 1. The molecule has 5 heteroatoms. The van der Waals surface area contributed by atoms with Crippen LogP contribution < -0.4 is 15.2 Å². The number of rotatable bonds is 3. The summed E-state index contributed by atoms with van der Waals surface area (Å²) >= 11 is 0. The lowest BCUT2D eigenvalue weighted by Crippen LogP contribution is -1.95. The average molecular weight is 241 g/mol. The van der Waals surface area contributed by atoms with Crippen molar-refractivity contribution >= 4 is 5.82 Å². The van der Waals surface area contributed by atoms with Crippen LogP contribution in [0.25, 0.3) is 0 Å². The molecule has 0 unspecified atom stereocenters. The summed E-state index contributed by atoms with van der Waals surface area (Å²) in [7, 11) is 1.51. The molecule has 0 aliphatic carbocycles. The summed E-state index contributed by atoms with van der Waals surface area (Å²) in [5.41, 5.74) is 6.06. The third-order valence-corrected chi connectivity index (χ3v) is 2.25. The Balaban J connectivity index is 2.32. The molecule has 0 bridgehead atoms. The number of hydrogen-bond donors (Lipinski definition) is 1. The van der Waals surface area contributed by atoms with Crippen LogP contribution in [-0.4, -0.2) is 12.1 Å². The first-order chi connectivity index (χ1) is 8.72. The molecule has 0 fully saturated rings. The van der Waals surface area contributed by atoms with E-state index in [0.717, 1.165) is 0 Å². The zero-order valence-corrected chi connectivity index (χ0v) is 9.75. The summed E-state index contributed by atoms with van der Waals surface area (Å²) in [5, 5.41) is 8.80. The Kier molecular flexibility index (Phi) is 3.30. The molecule has 18 heavy (non-hydrogen) atoms. The van der Waals surface area contributed by atoms with Crippen LogP contribution in [-0.2, 0) is 0 Å². The van der Waals surface area contributed by atoms with Gasteiger partial charge in [-0.25, -0.2) is 0 Å². The topological polar surface area (TPSA) is 81.2 Å². The number of nitriles is 1. The molecule has 5 nitrogen and oxygen atoms in total. The number of nitrogen functional groups attached to an aromatic ring is 1. The van der Waals surface area contributed by atoms with Crippen molar-refractivity contribution in [1.82, 2.24) is 4.98 Å². The van der Waals surface area contributed by atoms with E-state index in [4.69, 9.17) is 20.5 Å². The highest BCUT2D eigenvalue weighted by atomic mass is 16.5. The van der Waals surface area contributed by atoms with E-state index in [1.807, 2.05) is 6.07 Å². The Morgan fingerprint density at radius 2 is 2.06 bits per heavy atom. The minimum atomic E-state index is 0.373. The lowest BCUT2D eigenvalue weighted by molar-refractivity contribution is 0.374. The fourth-order valence-corrected chi connectivity index (χ4v) is 1.42. The van der Waals surface area contributed by atoms with Crippen molar-refractivity contribution in [2.45, 2.75) is 0 Å². The van der Waals surface area contributed by atoms with E-state index in [9.17, 15) is 0 Å². The Bertz CT molecular complexity index is 605. The number of hydrogen-bond acceptors (Lipinski definition) is 5. The molecule has 1 aromatic heterocycles. The molecule has 0 saturated heterocycles. The first kappa shape index (κ1) is 11.7. The summed E-state index contributed by atoms with van der Waals surface area (Å²) in [4.78, 5) is 4.02. The van der Waals surface area contributed by atoms with Gasteiger partial charge in [-0.1, -0.05) is 6.07 Å². The smallest absolute Gasteiger partial charge is 0.221 e. The van der Waals surface area contributed by atoms with Gasteiger partial charge >= 0.3 is 0 Å². The molecule has 0 saturated carbocycles. The van der Waals surface area contributed by atoms with Gasteiger partial charge in [0.2, 0.25) is 5.88 Å². The first-order valence-electron chi connectivity index (χ1n) is 5.21. The van der Waals surface area contributed by atoms with Gasteiger partial charge < -0.3 is 15.2 Å². The molecule has 2 aromatic rings. The van der Waals surface area contributed by atoms with Crippen LogP contribution in [0.15, 0.2) is 36.4 Å². The predicted molar refractivity (Wildman–Crippen MR) is 66.4 cm³/mol. The van der Waals surface area contributed by atoms with E-state index in [0.29, 0.717) is 28.8 Å². The summed E-state index contributed by atoms with van der Waals surface area (Å²) in [6.07, 6.45) is 0. The van der Waals surface area contributed by atoms with Gasteiger partial charge in [0.05, 0.1) is 18.7 Å². The second-order valence-corrected chi connectivity index (χ2v) is 3.48. The standard InChI is InChI=1S/C13H11N3O2/c1-17-11-7-9(8-14)5-6-10(11)18-13-4-2-3-12(15)16-13/h2-7H,1H3,(H2,15,16). The monoisotopic (exact) mass is 241 g/mol. The van der Waals surface area contributed by atoms with Gasteiger partial charge in [-0.3, -0.25) is 0 Å². The van der Waals surface area contributed by atoms with Crippen LogP contribution in [0.1, 0.15) is 5.56 Å². The number of benzene rings is 1. The Morgan fingerprint density at radius 1 is 1.22 bits per heavy atom. The Hall–Kier alpha value is -2.74. The quantitative estimate of drug-likeness (QED) is 0.891. The largest absolute Gasteiger partial charge is 0.493 e. The van der Waals surface area contributed by atoms with E-state index >= 15 is 0 Å². The number of pyridine rings is 1. The molecule has 1 heterocycles. The minimum Gasteiger partial charge on any atom is -0.493 e. The molecule has 0 aliphatic heterocycles. The van der Waals surface area contributed by atoms with Gasteiger partial charge in [0.1, 0.15) is 5.82 Å².